The van der Waals surface area contributed by atoms with Crippen molar-refractivity contribution in [3.8, 4) is 5.75 Å². The van der Waals surface area contributed by atoms with E-state index in [9.17, 15) is 18.4 Å². The maximum atomic E-state index is 13.2. The zero-order chi connectivity index (χ0) is 19.4. The third-order valence-electron chi connectivity index (χ3n) is 4.52. The van der Waals surface area contributed by atoms with Crippen LogP contribution in [0.4, 0.5) is 14.5 Å². The van der Waals surface area contributed by atoms with E-state index < -0.39 is 5.92 Å². The molecule has 3 rings (SSSR count). The standard InChI is InChI=1S/C20H20F2N2O3/c1-27-17-5-3-2-4-16(17)18(25)23-15-8-6-14(7-9-15)19(26)24-12-10-20(21,22)11-13-24/h2-9H,10-13H2,1H3,(H,23,25). The van der Waals surface area contributed by atoms with Gasteiger partial charge in [-0.2, -0.15) is 0 Å². The van der Waals surface area contributed by atoms with Crippen molar-refractivity contribution in [2.75, 3.05) is 25.5 Å². The van der Waals surface area contributed by atoms with E-state index >= 15 is 0 Å². The molecule has 0 radical (unpaired) electrons. The van der Waals surface area contributed by atoms with E-state index in [1.165, 1.54) is 12.0 Å². The molecule has 1 fully saturated rings. The number of methoxy groups -OCH3 is 1. The summed E-state index contributed by atoms with van der Waals surface area (Å²) in [6, 6.07) is 13.2. The molecule has 7 heteroatoms. The number of nitrogens with one attached hydrogen (secondary N) is 1. The Balaban J connectivity index is 1.65. The van der Waals surface area contributed by atoms with Crippen LogP contribution in [0.1, 0.15) is 33.6 Å². The van der Waals surface area contributed by atoms with Crippen LogP contribution in [-0.2, 0) is 0 Å². The molecule has 0 aromatic heterocycles. The molecule has 1 saturated heterocycles. The van der Waals surface area contributed by atoms with Gasteiger partial charge in [0, 0.05) is 37.2 Å². The zero-order valence-corrected chi connectivity index (χ0v) is 14.9. The summed E-state index contributed by atoms with van der Waals surface area (Å²) < 4.78 is 31.6. The number of anilines is 1. The third kappa shape index (κ3) is 4.42. The van der Waals surface area contributed by atoms with E-state index in [1.54, 1.807) is 48.5 Å². The topological polar surface area (TPSA) is 58.6 Å². The van der Waals surface area contributed by atoms with Gasteiger partial charge in [-0.15, -0.1) is 0 Å². The number of halogens is 2. The number of ether oxygens (including phenoxy) is 1. The molecule has 2 aromatic carbocycles. The van der Waals surface area contributed by atoms with E-state index in [1.807, 2.05) is 0 Å². The molecule has 0 bridgehead atoms. The van der Waals surface area contributed by atoms with E-state index in [0.29, 0.717) is 22.6 Å². The van der Waals surface area contributed by atoms with Gasteiger partial charge in [0.15, 0.2) is 0 Å². The molecule has 1 aliphatic rings. The summed E-state index contributed by atoms with van der Waals surface area (Å²) in [5, 5.41) is 2.75. The van der Waals surface area contributed by atoms with E-state index in [4.69, 9.17) is 4.74 Å². The third-order valence-corrected chi connectivity index (χ3v) is 4.52. The number of hydrogen-bond donors (Lipinski definition) is 1. The van der Waals surface area contributed by atoms with Gasteiger partial charge in [-0.3, -0.25) is 9.59 Å². The molecule has 142 valence electrons. The normalized spacial score (nSPS) is 15.9. The highest BCUT2D eigenvalue weighted by atomic mass is 19.3. The van der Waals surface area contributed by atoms with Crippen molar-refractivity contribution in [1.82, 2.24) is 4.90 Å². The largest absolute Gasteiger partial charge is 0.496 e. The van der Waals surface area contributed by atoms with Crippen molar-refractivity contribution >= 4 is 17.5 Å². The van der Waals surface area contributed by atoms with Crippen LogP contribution in [0, 0.1) is 0 Å². The lowest BCUT2D eigenvalue weighted by Crippen LogP contribution is -2.42. The summed E-state index contributed by atoms with van der Waals surface area (Å²) in [7, 11) is 1.49. The van der Waals surface area contributed by atoms with Crippen molar-refractivity contribution in [3.05, 3.63) is 59.7 Å². The SMILES string of the molecule is COc1ccccc1C(=O)Nc1ccc(C(=O)N2CCC(F)(F)CC2)cc1. The van der Waals surface area contributed by atoms with Crippen LogP contribution in [0.5, 0.6) is 5.75 Å². The summed E-state index contributed by atoms with van der Waals surface area (Å²) in [6.07, 6.45) is -0.627. The monoisotopic (exact) mass is 374 g/mol. The van der Waals surface area contributed by atoms with Crippen molar-refractivity contribution in [1.29, 1.82) is 0 Å². The number of piperidine rings is 1. The summed E-state index contributed by atoms with van der Waals surface area (Å²) >= 11 is 0. The molecule has 0 atom stereocenters. The average Bonchev–Trinajstić information content (AvgIpc) is 2.68. The fourth-order valence-electron chi connectivity index (χ4n) is 2.95. The first-order chi connectivity index (χ1) is 12.9. The predicted octanol–water partition coefficient (Wildman–Crippen LogP) is 3.82. The summed E-state index contributed by atoms with van der Waals surface area (Å²) in [6.45, 7) is 0.0796. The molecule has 1 N–H and O–H groups in total. The van der Waals surface area contributed by atoms with Crippen molar-refractivity contribution in [3.63, 3.8) is 0 Å². The van der Waals surface area contributed by atoms with Gasteiger partial charge in [0.05, 0.1) is 12.7 Å². The van der Waals surface area contributed by atoms with Crippen LogP contribution in [0.3, 0.4) is 0 Å². The maximum Gasteiger partial charge on any atom is 0.259 e. The summed E-state index contributed by atoms with van der Waals surface area (Å²) in [4.78, 5) is 26.2. The Morgan fingerprint density at radius 2 is 1.67 bits per heavy atom. The fourth-order valence-corrected chi connectivity index (χ4v) is 2.95. The van der Waals surface area contributed by atoms with E-state index in [2.05, 4.69) is 5.32 Å². The first-order valence-corrected chi connectivity index (χ1v) is 8.61. The number of nitrogens with zero attached hydrogens (tertiary/aromatic N) is 1. The molecule has 0 saturated carbocycles. The molecule has 0 aliphatic carbocycles. The number of amides is 2. The zero-order valence-electron chi connectivity index (χ0n) is 14.9. The Bertz CT molecular complexity index is 827. The van der Waals surface area contributed by atoms with Gasteiger partial charge in [0.1, 0.15) is 5.75 Å². The highest BCUT2D eigenvalue weighted by molar-refractivity contribution is 6.06. The molecular weight excluding hydrogens is 354 g/mol. The maximum absolute atomic E-state index is 13.2. The van der Waals surface area contributed by atoms with Crippen LogP contribution < -0.4 is 10.1 Å². The number of carbonyl (C=O) groups is 2. The minimum atomic E-state index is -2.69. The lowest BCUT2D eigenvalue weighted by Gasteiger charge is -2.31. The lowest BCUT2D eigenvalue weighted by molar-refractivity contribution is -0.0494. The van der Waals surface area contributed by atoms with Crippen molar-refractivity contribution < 1.29 is 23.1 Å². The van der Waals surface area contributed by atoms with Gasteiger partial charge < -0.3 is 15.0 Å². The van der Waals surface area contributed by atoms with Gasteiger partial charge >= 0.3 is 0 Å². The number of hydrogen-bond acceptors (Lipinski definition) is 3. The Kier molecular flexibility index (Phi) is 5.39. The van der Waals surface area contributed by atoms with Gasteiger partial charge in [-0.25, -0.2) is 8.78 Å². The molecule has 2 amide bonds. The summed E-state index contributed by atoms with van der Waals surface area (Å²) in [5.74, 6) is -2.84. The van der Waals surface area contributed by atoms with Crippen molar-refractivity contribution in [2.24, 2.45) is 0 Å². The average molecular weight is 374 g/mol. The van der Waals surface area contributed by atoms with Gasteiger partial charge in [-0.05, 0) is 36.4 Å². The van der Waals surface area contributed by atoms with Crippen LogP contribution in [0.15, 0.2) is 48.5 Å². The van der Waals surface area contributed by atoms with Crippen LogP contribution >= 0.6 is 0 Å². The Morgan fingerprint density at radius 1 is 1.04 bits per heavy atom. The molecule has 1 heterocycles. The van der Waals surface area contributed by atoms with E-state index in [0.717, 1.165) is 0 Å². The van der Waals surface area contributed by atoms with Crippen molar-refractivity contribution in [2.45, 2.75) is 18.8 Å². The number of rotatable bonds is 4. The number of benzene rings is 2. The predicted molar refractivity (Wildman–Crippen MR) is 97.5 cm³/mol. The second-order valence-electron chi connectivity index (χ2n) is 6.38. The molecule has 0 spiro atoms. The first-order valence-electron chi connectivity index (χ1n) is 8.61. The van der Waals surface area contributed by atoms with Gasteiger partial charge in [0.2, 0.25) is 0 Å². The molecule has 0 unspecified atom stereocenters. The molecule has 5 nitrogen and oxygen atoms in total. The Morgan fingerprint density at radius 3 is 2.30 bits per heavy atom. The molecular formula is C20H20F2N2O3. The quantitative estimate of drug-likeness (QED) is 0.885. The van der Waals surface area contributed by atoms with Crippen LogP contribution in [0.2, 0.25) is 0 Å². The van der Waals surface area contributed by atoms with Crippen LogP contribution in [-0.4, -0.2) is 42.8 Å². The smallest absolute Gasteiger partial charge is 0.259 e. The first kappa shape index (κ1) is 18.8. The highest BCUT2D eigenvalue weighted by Crippen LogP contribution is 2.28. The second-order valence-corrected chi connectivity index (χ2v) is 6.38. The number of likely N-dealkylation sites (tertiary alicyclic amines) is 1. The molecule has 1 aliphatic heterocycles. The summed E-state index contributed by atoms with van der Waals surface area (Å²) in [5.41, 5.74) is 1.32. The minimum absolute atomic E-state index is 0.0398. The molecule has 2 aromatic rings. The number of alkyl halides is 2. The van der Waals surface area contributed by atoms with Gasteiger partial charge in [-0.1, -0.05) is 12.1 Å². The second kappa shape index (κ2) is 7.73. The number of para-hydroxylation sites is 1. The fraction of sp³-hybridized carbons (Fsp3) is 0.300. The molecule has 27 heavy (non-hydrogen) atoms. The number of carbonyl (C=O) groups excluding carboxylic acids is 2. The van der Waals surface area contributed by atoms with Crippen LogP contribution in [0.25, 0.3) is 0 Å². The van der Waals surface area contributed by atoms with E-state index in [-0.39, 0.29) is 37.7 Å². The van der Waals surface area contributed by atoms with Gasteiger partial charge in [0.25, 0.3) is 17.7 Å². The lowest BCUT2D eigenvalue weighted by atomic mass is 10.1. The minimum Gasteiger partial charge on any atom is -0.496 e. The Hall–Kier alpha value is -2.96. The highest BCUT2D eigenvalue weighted by Gasteiger charge is 2.35. The Labute approximate surface area is 155 Å².